The number of nitrogens with two attached hydrogens (primary N) is 1. The first kappa shape index (κ1) is 28.8. The average Bonchev–Trinajstić information content (AvgIpc) is 2.42. The van der Waals surface area contributed by atoms with Crippen LogP contribution in [0.4, 0.5) is 0 Å². The van der Waals surface area contributed by atoms with Crippen molar-refractivity contribution < 1.29 is 19.3 Å². The second-order valence-electron chi connectivity index (χ2n) is 11.5. The molecule has 2 atom stereocenters. The lowest BCUT2D eigenvalue weighted by Gasteiger charge is -2.47. The molecule has 0 saturated heterocycles. The minimum Gasteiger partial charge on any atom is -0.390 e. The summed E-state index contributed by atoms with van der Waals surface area (Å²) in [6, 6.07) is 0. The van der Waals surface area contributed by atoms with E-state index in [4.69, 9.17) is 19.9 Å². The van der Waals surface area contributed by atoms with Crippen LogP contribution in [0, 0.1) is 5.41 Å². The quantitative estimate of drug-likeness (QED) is 0.412. The van der Waals surface area contributed by atoms with Crippen molar-refractivity contribution in [1.82, 2.24) is 0 Å². The van der Waals surface area contributed by atoms with E-state index in [9.17, 15) is 5.11 Å². The third-order valence-electron chi connectivity index (χ3n) is 6.55. The molecule has 0 aliphatic carbocycles. The van der Waals surface area contributed by atoms with Crippen LogP contribution in [0.15, 0.2) is 0 Å². The summed E-state index contributed by atoms with van der Waals surface area (Å²) in [5.41, 5.74) is 4.46. The zero-order valence-corrected chi connectivity index (χ0v) is 21.4. The van der Waals surface area contributed by atoms with E-state index in [0.29, 0.717) is 19.6 Å². The van der Waals surface area contributed by atoms with Gasteiger partial charge in [-0.15, -0.1) is 0 Å². The smallest absolute Gasteiger partial charge is 0.0806 e. The predicted octanol–water partition coefficient (Wildman–Crippen LogP) is 5.08. The van der Waals surface area contributed by atoms with Crippen LogP contribution in [0.1, 0.15) is 102 Å². The fraction of sp³-hybridized carbons (Fsp3) is 1.00. The molecule has 0 bridgehead atoms. The van der Waals surface area contributed by atoms with Crippen molar-refractivity contribution in [2.24, 2.45) is 11.1 Å². The highest BCUT2D eigenvalue weighted by molar-refractivity contribution is 4.97. The number of hydrogen-bond donors (Lipinski definition) is 2. The largest absolute Gasteiger partial charge is 0.390 e. The zero-order valence-electron chi connectivity index (χ0n) is 21.4. The van der Waals surface area contributed by atoms with Crippen molar-refractivity contribution in [2.45, 2.75) is 137 Å². The molecule has 0 aromatic rings. The van der Waals surface area contributed by atoms with Crippen LogP contribution < -0.4 is 5.73 Å². The summed E-state index contributed by atoms with van der Waals surface area (Å²) in [7, 11) is 0. The number of hydrogen-bond acceptors (Lipinski definition) is 5. The first-order valence-corrected chi connectivity index (χ1v) is 11.2. The molecule has 0 aliphatic heterocycles. The summed E-state index contributed by atoms with van der Waals surface area (Å²) in [6.45, 7) is 25.8. The summed E-state index contributed by atoms with van der Waals surface area (Å²) in [5.74, 6) is 0. The van der Waals surface area contributed by atoms with E-state index in [0.717, 1.165) is 12.8 Å². The molecule has 0 aromatic carbocycles. The first-order valence-electron chi connectivity index (χ1n) is 11.2. The van der Waals surface area contributed by atoms with Gasteiger partial charge in [-0.25, -0.2) is 0 Å². The Kier molecular flexibility index (Phi) is 10.3. The van der Waals surface area contributed by atoms with Crippen LogP contribution in [0.2, 0.25) is 0 Å². The molecule has 0 radical (unpaired) electrons. The van der Waals surface area contributed by atoms with E-state index < -0.39 is 16.7 Å². The van der Waals surface area contributed by atoms with Gasteiger partial charge in [0.25, 0.3) is 0 Å². The van der Waals surface area contributed by atoms with Crippen LogP contribution in [0.5, 0.6) is 0 Å². The Morgan fingerprint density at radius 3 is 1.76 bits per heavy atom. The highest BCUT2D eigenvalue weighted by atomic mass is 16.5. The molecule has 3 N–H and O–H groups in total. The Morgan fingerprint density at radius 1 is 0.793 bits per heavy atom. The second kappa shape index (κ2) is 10.4. The topological polar surface area (TPSA) is 73.9 Å². The van der Waals surface area contributed by atoms with Gasteiger partial charge in [0.2, 0.25) is 0 Å². The van der Waals surface area contributed by atoms with Crippen molar-refractivity contribution in [3.63, 3.8) is 0 Å². The molecular formula is C24H51NO4. The van der Waals surface area contributed by atoms with E-state index in [1.807, 2.05) is 34.6 Å². The second-order valence-corrected chi connectivity index (χ2v) is 11.5. The van der Waals surface area contributed by atoms with Crippen LogP contribution in [-0.4, -0.2) is 52.9 Å². The van der Waals surface area contributed by atoms with E-state index in [-0.39, 0.29) is 23.2 Å². The molecule has 0 saturated carbocycles. The summed E-state index contributed by atoms with van der Waals surface area (Å²) in [6.07, 6.45) is 2.40. The normalized spacial score (nSPS) is 17.5. The van der Waals surface area contributed by atoms with Gasteiger partial charge in [-0.2, -0.15) is 0 Å². The molecule has 5 heteroatoms. The third-order valence-corrected chi connectivity index (χ3v) is 6.55. The summed E-state index contributed by atoms with van der Waals surface area (Å²) < 4.78 is 18.4. The van der Waals surface area contributed by atoms with Gasteiger partial charge < -0.3 is 25.1 Å². The van der Waals surface area contributed by atoms with Crippen LogP contribution in [0.3, 0.4) is 0 Å². The monoisotopic (exact) mass is 417 g/mol. The maximum atomic E-state index is 9.94. The van der Waals surface area contributed by atoms with Gasteiger partial charge in [-0.05, 0) is 93.9 Å². The van der Waals surface area contributed by atoms with Gasteiger partial charge in [-0.1, -0.05) is 13.8 Å². The Balaban J connectivity index is 4.90. The molecule has 176 valence electrons. The molecule has 5 nitrogen and oxygen atoms in total. The zero-order chi connectivity index (χ0) is 23.3. The van der Waals surface area contributed by atoms with Gasteiger partial charge in [0.15, 0.2) is 0 Å². The molecule has 0 heterocycles. The molecule has 0 aliphatic rings. The fourth-order valence-corrected chi connectivity index (χ4v) is 3.20. The van der Waals surface area contributed by atoms with E-state index in [1.54, 1.807) is 0 Å². The van der Waals surface area contributed by atoms with Gasteiger partial charge in [-0.3, -0.25) is 0 Å². The maximum Gasteiger partial charge on any atom is 0.0806 e. The van der Waals surface area contributed by atoms with Crippen molar-refractivity contribution in [1.29, 1.82) is 0 Å². The molecular weight excluding hydrogens is 366 g/mol. The van der Waals surface area contributed by atoms with Crippen molar-refractivity contribution in [3.8, 4) is 0 Å². The van der Waals surface area contributed by atoms with Gasteiger partial charge in [0.05, 0.1) is 35.6 Å². The summed E-state index contributed by atoms with van der Waals surface area (Å²) in [5, 5.41) is 9.94. The van der Waals surface area contributed by atoms with Gasteiger partial charge >= 0.3 is 0 Å². The molecule has 0 rings (SSSR count). The Labute approximate surface area is 181 Å². The molecule has 2 unspecified atom stereocenters. The SMILES string of the molecule is CC(C)OCCC(C)(N)C(C)(C)OC(C)CC(C)(C)C(C)(C)OCCC(C)(C)O. The molecule has 29 heavy (non-hydrogen) atoms. The molecule has 0 spiro atoms. The Morgan fingerprint density at radius 2 is 1.31 bits per heavy atom. The maximum absolute atomic E-state index is 9.94. The lowest BCUT2D eigenvalue weighted by atomic mass is 9.73. The van der Waals surface area contributed by atoms with Crippen LogP contribution in [0.25, 0.3) is 0 Å². The van der Waals surface area contributed by atoms with E-state index >= 15 is 0 Å². The Hall–Kier alpha value is -0.200. The summed E-state index contributed by atoms with van der Waals surface area (Å²) >= 11 is 0. The van der Waals surface area contributed by atoms with E-state index in [1.165, 1.54) is 0 Å². The molecule has 0 aromatic heterocycles. The first-order chi connectivity index (χ1) is 12.7. The highest BCUT2D eigenvalue weighted by Gasteiger charge is 2.43. The van der Waals surface area contributed by atoms with Crippen LogP contribution in [-0.2, 0) is 14.2 Å². The standard InChI is InChI=1S/C24H51NO4/c1-18(2)27-15-14-24(12,25)23(10,11)29-19(3)17-20(4,5)22(8,9)28-16-13-21(6,7)26/h18-19,26H,13-17,25H2,1-12H3. The fourth-order valence-electron chi connectivity index (χ4n) is 3.20. The number of rotatable bonds is 14. The summed E-state index contributed by atoms with van der Waals surface area (Å²) in [4.78, 5) is 0. The predicted molar refractivity (Wildman–Crippen MR) is 122 cm³/mol. The Bertz CT molecular complexity index is 476. The minimum absolute atomic E-state index is 0.0195. The lowest BCUT2D eigenvalue weighted by Crippen LogP contribution is -2.58. The number of aliphatic hydroxyl groups is 1. The number of ether oxygens (including phenoxy) is 3. The minimum atomic E-state index is -0.717. The van der Waals surface area contributed by atoms with Crippen molar-refractivity contribution in [2.75, 3.05) is 13.2 Å². The molecule has 0 fully saturated rings. The average molecular weight is 418 g/mol. The lowest BCUT2D eigenvalue weighted by molar-refractivity contribution is -0.154. The van der Waals surface area contributed by atoms with E-state index in [2.05, 4.69) is 48.5 Å². The van der Waals surface area contributed by atoms with Crippen LogP contribution >= 0.6 is 0 Å². The van der Waals surface area contributed by atoms with Gasteiger partial charge in [0, 0.05) is 12.1 Å². The third kappa shape index (κ3) is 10.1. The van der Waals surface area contributed by atoms with Crippen molar-refractivity contribution in [3.05, 3.63) is 0 Å². The molecule has 0 amide bonds. The van der Waals surface area contributed by atoms with Crippen molar-refractivity contribution >= 4 is 0 Å². The highest BCUT2D eigenvalue weighted by Crippen LogP contribution is 2.40. The van der Waals surface area contributed by atoms with Gasteiger partial charge in [0.1, 0.15) is 0 Å².